The number of nitrogens with one attached hydrogen (secondary N) is 3. The first-order chi connectivity index (χ1) is 12.5. The SMILES string of the molecule is CCC(=O)c1cc2c([nH]1)[nH]c1cc(NC(=O)c3ccc(N)cc3)ccc12. The summed E-state index contributed by atoms with van der Waals surface area (Å²) in [6, 6.07) is 14.3. The van der Waals surface area contributed by atoms with Crippen molar-refractivity contribution in [3.8, 4) is 0 Å². The highest BCUT2D eigenvalue weighted by Crippen LogP contribution is 2.28. The molecule has 26 heavy (non-hydrogen) atoms. The van der Waals surface area contributed by atoms with Gasteiger partial charge in [0.2, 0.25) is 0 Å². The fourth-order valence-electron chi connectivity index (χ4n) is 3.04. The first kappa shape index (κ1) is 16.0. The normalized spacial score (nSPS) is 11.1. The Bertz CT molecular complexity index is 1140. The van der Waals surface area contributed by atoms with Crippen LogP contribution in [0.3, 0.4) is 0 Å². The van der Waals surface area contributed by atoms with E-state index in [0.29, 0.717) is 29.1 Å². The average Bonchev–Trinajstić information content (AvgIpc) is 3.19. The van der Waals surface area contributed by atoms with E-state index in [9.17, 15) is 9.59 Å². The predicted molar refractivity (Wildman–Crippen MR) is 104 cm³/mol. The van der Waals surface area contributed by atoms with Gasteiger partial charge in [0, 0.05) is 39.6 Å². The monoisotopic (exact) mass is 346 g/mol. The Kier molecular flexibility index (Phi) is 3.73. The van der Waals surface area contributed by atoms with E-state index in [-0.39, 0.29) is 11.7 Å². The molecule has 0 spiro atoms. The zero-order valence-electron chi connectivity index (χ0n) is 14.2. The fourth-order valence-corrected chi connectivity index (χ4v) is 3.04. The Morgan fingerprint density at radius 1 is 1.00 bits per heavy atom. The van der Waals surface area contributed by atoms with Crippen molar-refractivity contribution in [3.63, 3.8) is 0 Å². The molecule has 2 aromatic heterocycles. The Hall–Kier alpha value is -3.54. The van der Waals surface area contributed by atoms with Gasteiger partial charge in [-0.05, 0) is 42.5 Å². The lowest BCUT2D eigenvalue weighted by atomic mass is 10.1. The maximum absolute atomic E-state index is 12.3. The van der Waals surface area contributed by atoms with Crippen molar-refractivity contribution in [1.82, 2.24) is 9.97 Å². The molecule has 1 amide bonds. The highest BCUT2D eigenvalue weighted by atomic mass is 16.1. The molecule has 0 atom stereocenters. The number of aromatic nitrogens is 2. The summed E-state index contributed by atoms with van der Waals surface area (Å²) in [4.78, 5) is 30.6. The van der Waals surface area contributed by atoms with E-state index in [0.717, 1.165) is 21.9 Å². The molecule has 6 heteroatoms. The minimum Gasteiger partial charge on any atom is -0.399 e. The number of Topliss-reactive ketones (excluding diaryl/α,β-unsaturated/α-hetero) is 1. The summed E-state index contributed by atoms with van der Waals surface area (Å²) in [5.74, 6) is -0.118. The molecule has 4 rings (SSSR count). The molecule has 2 heterocycles. The molecule has 0 unspecified atom stereocenters. The Balaban J connectivity index is 1.64. The number of hydrogen-bond acceptors (Lipinski definition) is 3. The number of rotatable bonds is 4. The molecular weight excluding hydrogens is 328 g/mol. The topological polar surface area (TPSA) is 104 Å². The number of aromatic amines is 2. The summed E-state index contributed by atoms with van der Waals surface area (Å²) in [7, 11) is 0. The number of hydrogen-bond donors (Lipinski definition) is 4. The van der Waals surface area contributed by atoms with E-state index in [1.165, 1.54) is 0 Å². The number of carbonyl (C=O) groups is 2. The molecule has 5 N–H and O–H groups in total. The Morgan fingerprint density at radius 3 is 2.50 bits per heavy atom. The van der Waals surface area contributed by atoms with Gasteiger partial charge in [-0.1, -0.05) is 13.0 Å². The van der Waals surface area contributed by atoms with Crippen LogP contribution >= 0.6 is 0 Å². The maximum atomic E-state index is 12.3. The second kappa shape index (κ2) is 6.07. The van der Waals surface area contributed by atoms with Gasteiger partial charge in [-0.3, -0.25) is 9.59 Å². The van der Waals surface area contributed by atoms with Crippen molar-refractivity contribution >= 4 is 45.0 Å². The first-order valence-corrected chi connectivity index (χ1v) is 8.39. The second-order valence-electron chi connectivity index (χ2n) is 6.21. The van der Waals surface area contributed by atoms with Crippen molar-refractivity contribution in [2.75, 3.05) is 11.1 Å². The summed E-state index contributed by atoms with van der Waals surface area (Å²) in [6.07, 6.45) is 0.461. The molecule has 130 valence electrons. The Morgan fingerprint density at radius 2 is 1.77 bits per heavy atom. The van der Waals surface area contributed by atoms with E-state index in [2.05, 4.69) is 15.3 Å². The van der Waals surface area contributed by atoms with Gasteiger partial charge in [-0.25, -0.2) is 0 Å². The molecule has 0 radical (unpaired) electrons. The second-order valence-corrected chi connectivity index (χ2v) is 6.21. The van der Waals surface area contributed by atoms with Crippen LogP contribution in [0.1, 0.15) is 34.2 Å². The van der Waals surface area contributed by atoms with E-state index in [1.54, 1.807) is 24.3 Å². The zero-order valence-corrected chi connectivity index (χ0v) is 14.2. The third-order valence-corrected chi connectivity index (χ3v) is 4.44. The van der Waals surface area contributed by atoms with Gasteiger partial charge in [-0.15, -0.1) is 0 Å². The number of benzene rings is 2. The number of amides is 1. The minimum absolute atomic E-state index is 0.0788. The summed E-state index contributed by atoms with van der Waals surface area (Å²) in [5.41, 5.74) is 9.79. The van der Waals surface area contributed by atoms with E-state index >= 15 is 0 Å². The highest BCUT2D eigenvalue weighted by Gasteiger charge is 2.13. The zero-order chi connectivity index (χ0) is 18.3. The summed E-state index contributed by atoms with van der Waals surface area (Å²) < 4.78 is 0. The predicted octanol–water partition coefficient (Wildman–Crippen LogP) is 4.08. The van der Waals surface area contributed by atoms with Crippen molar-refractivity contribution in [2.45, 2.75) is 13.3 Å². The molecule has 4 aromatic rings. The largest absolute Gasteiger partial charge is 0.399 e. The van der Waals surface area contributed by atoms with E-state index in [1.807, 2.05) is 31.2 Å². The number of ketones is 1. The Labute approximate surface area is 149 Å². The first-order valence-electron chi connectivity index (χ1n) is 8.39. The van der Waals surface area contributed by atoms with Gasteiger partial charge in [0.15, 0.2) is 5.78 Å². The molecule has 0 saturated heterocycles. The fraction of sp³-hybridized carbons (Fsp3) is 0.100. The average molecular weight is 346 g/mol. The molecule has 0 saturated carbocycles. The lowest BCUT2D eigenvalue weighted by Gasteiger charge is -2.06. The molecular formula is C20H18N4O2. The van der Waals surface area contributed by atoms with Crippen LogP contribution in [0.5, 0.6) is 0 Å². The van der Waals surface area contributed by atoms with Crippen LogP contribution in [0.2, 0.25) is 0 Å². The third-order valence-electron chi connectivity index (χ3n) is 4.44. The van der Waals surface area contributed by atoms with Crippen molar-refractivity contribution in [1.29, 1.82) is 0 Å². The summed E-state index contributed by atoms with van der Waals surface area (Å²) >= 11 is 0. The lowest BCUT2D eigenvalue weighted by molar-refractivity contribution is 0.0982. The van der Waals surface area contributed by atoms with Crippen LogP contribution in [0.25, 0.3) is 21.9 Å². The number of fused-ring (bicyclic) bond motifs is 3. The van der Waals surface area contributed by atoms with Crippen LogP contribution < -0.4 is 11.1 Å². The molecule has 2 aromatic carbocycles. The van der Waals surface area contributed by atoms with Gasteiger partial charge in [0.1, 0.15) is 5.65 Å². The van der Waals surface area contributed by atoms with Crippen molar-refractivity contribution < 1.29 is 9.59 Å². The van der Waals surface area contributed by atoms with Gasteiger partial charge < -0.3 is 21.0 Å². The van der Waals surface area contributed by atoms with Gasteiger partial charge in [0.05, 0.1) is 5.69 Å². The third kappa shape index (κ3) is 2.71. The van der Waals surface area contributed by atoms with Gasteiger partial charge in [-0.2, -0.15) is 0 Å². The number of H-pyrrole nitrogens is 2. The molecule has 0 aliphatic carbocycles. The molecule has 0 fully saturated rings. The minimum atomic E-state index is -0.197. The van der Waals surface area contributed by atoms with Crippen molar-refractivity contribution in [2.24, 2.45) is 0 Å². The van der Waals surface area contributed by atoms with Gasteiger partial charge >= 0.3 is 0 Å². The molecule has 0 aliphatic rings. The number of anilines is 2. The van der Waals surface area contributed by atoms with Crippen LogP contribution in [0.15, 0.2) is 48.5 Å². The van der Waals surface area contributed by atoms with Crippen LogP contribution in [0, 0.1) is 0 Å². The standard InChI is InChI=1S/C20H18N4O2/c1-2-18(25)17-10-15-14-8-7-13(9-16(14)23-19(15)24-17)22-20(26)11-3-5-12(21)6-4-11/h3-10,23-24H,2,21H2,1H3,(H,22,26). The number of nitrogens with two attached hydrogens (primary N) is 1. The van der Waals surface area contributed by atoms with Gasteiger partial charge in [0.25, 0.3) is 5.91 Å². The van der Waals surface area contributed by atoms with E-state index < -0.39 is 0 Å². The maximum Gasteiger partial charge on any atom is 0.255 e. The number of nitrogen functional groups attached to an aromatic ring is 1. The van der Waals surface area contributed by atoms with Crippen molar-refractivity contribution in [3.05, 3.63) is 59.8 Å². The number of carbonyl (C=O) groups excluding carboxylic acids is 2. The quantitative estimate of drug-likeness (QED) is 0.331. The van der Waals surface area contributed by atoms with Crippen LogP contribution in [0.4, 0.5) is 11.4 Å². The highest BCUT2D eigenvalue weighted by molar-refractivity contribution is 6.11. The van der Waals surface area contributed by atoms with Crippen LogP contribution in [-0.4, -0.2) is 21.7 Å². The lowest BCUT2D eigenvalue weighted by Crippen LogP contribution is -2.11. The summed E-state index contributed by atoms with van der Waals surface area (Å²) in [6.45, 7) is 1.84. The smallest absolute Gasteiger partial charge is 0.255 e. The van der Waals surface area contributed by atoms with Crippen LogP contribution in [-0.2, 0) is 0 Å². The molecule has 6 nitrogen and oxygen atoms in total. The summed E-state index contributed by atoms with van der Waals surface area (Å²) in [5, 5.41) is 4.84. The van der Waals surface area contributed by atoms with E-state index in [4.69, 9.17) is 5.73 Å². The molecule has 0 bridgehead atoms. The molecule has 0 aliphatic heterocycles.